The van der Waals surface area contributed by atoms with Crippen molar-refractivity contribution in [3.05, 3.63) is 71.5 Å². The topological polar surface area (TPSA) is 74.2 Å². The lowest BCUT2D eigenvalue weighted by atomic mass is 10.1. The van der Waals surface area contributed by atoms with Crippen molar-refractivity contribution in [2.24, 2.45) is 0 Å². The minimum absolute atomic E-state index is 0.0132. The third kappa shape index (κ3) is 10.9. The first-order valence-electron chi connectivity index (χ1n) is 12.7. The highest BCUT2D eigenvalue weighted by Gasteiger charge is 2.11. The molecule has 0 atom stereocenters. The number of rotatable bonds is 13. The van der Waals surface area contributed by atoms with E-state index in [4.69, 9.17) is 18.9 Å². The van der Waals surface area contributed by atoms with Gasteiger partial charge in [-0.3, -0.25) is 4.79 Å². The summed E-state index contributed by atoms with van der Waals surface area (Å²) in [5, 5.41) is 10.3. The molecule has 2 aromatic carbocycles. The Bertz CT molecular complexity index is 1120. The van der Waals surface area contributed by atoms with E-state index < -0.39 is 0 Å². The van der Waals surface area contributed by atoms with Crippen molar-refractivity contribution in [3.63, 3.8) is 0 Å². The SMILES string of the molecule is CC(C)Oc1ccc(C=CC(=O)C=C(O)C=Cc2ccc(OC(C)C)c(OC(C)C)c2)cc1OC(C)C. The maximum absolute atomic E-state index is 12.4. The van der Waals surface area contributed by atoms with Gasteiger partial charge in [-0.25, -0.2) is 0 Å². The van der Waals surface area contributed by atoms with Gasteiger partial charge in [-0.05, 0) is 103 Å². The van der Waals surface area contributed by atoms with Gasteiger partial charge in [-0.2, -0.15) is 0 Å². The van der Waals surface area contributed by atoms with Gasteiger partial charge < -0.3 is 24.1 Å². The number of carbonyl (C=O) groups is 1. The highest BCUT2D eigenvalue weighted by Crippen LogP contribution is 2.32. The Kier molecular flexibility index (Phi) is 11.3. The van der Waals surface area contributed by atoms with E-state index in [1.165, 1.54) is 12.2 Å². The molecule has 2 aromatic rings. The first kappa shape index (κ1) is 29.6. The Hall–Kier alpha value is -3.67. The highest BCUT2D eigenvalue weighted by molar-refractivity contribution is 6.02. The summed E-state index contributed by atoms with van der Waals surface area (Å²) in [6, 6.07) is 11.0. The van der Waals surface area contributed by atoms with Gasteiger partial charge in [0.1, 0.15) is 5.76 Å². The fraction of sp³-hybridized carbons (Fsp3) is 0.387. The van der Waals surface area contributed by atoms with Crippen molar-refractivity contribution in [2.75, 3.05) is 0 Å². The molecule has 0 bridgehead atoms. The van der Waals surface area contributed by atoms with Crippen molar-refractivity contribution in [2.45, 2.75) is 79.8 Å². The smallest absolute Gasteiger partial charge is 0.182 e. The van der Waals surface area contributed by atoms with Crippen LogP contribution in [0.15, 0.2) is 60.4 Å². The van der Waals surface area contributed by atoms with Gasteiger partial charge in [0.2, 0.25) is 0 Å². The molecule has 1 N–H and O–H groups in total. The molecule has 0 spiro atoms. The van der Waals surface area contributed by atoms with Gasteiger partial charge in [0.05, 0.1) is 24.4 Å². The molecule has 0 unspecified atom stereocenters. The molecule has 0 amide bonds. The van der Waals surface area contributed by atoms with Crippen molar-refractivity contribution < 1.29 is 28.8 Å². The van der Waals surface area contributed by atoms with Gasteiger partial charge >= 0.3 is 0 Å². The Morgan fingerprint density at radius 3 is 1.41 bits per heavy atom. The molecule has 0 fully saturated rings. The summed E-state index contributed by atoms with van der Waals surface area (Å²) in [7, 11) is 0. The molecule has 6 heteroatoms. The monoisotopic (exact) mass is 508 g/mol. The number of benzene rings is 2. The van der Waals surface area contributed by atoms with Crippen molar-refractivity contribution >= 4 is 17.9 Å². The second-order valence-corrected chi connectivity index (χ2v) is 9.72. The second kappa shape index (κ2) is 14.2. The van der Waals surface area contributed by atoms with Crippen LogP contribution >= 0.6 is 0 Å². The van der Waals surface area contributed by atoms with E-state index in [9.17, 15) is 9.90 Å². The van der Waals surface area contributed by atoms with Crippen LogP contribution < -0.4 is 18.9 Å². The molecule has 6 nitrogen and oxygen atoms in total. The Morgan fingerprint density at radius 1 is 0.622 bits per heavy atom. The first-order valence-corrected chi connectivity index (χ1v) is 12.7. The summed E-state index contributed by atoms with van der Waals surface area (Å²) >= 11 is 0. The number of hydrogen-bond acceptors (Lipinski definition) is 6. The molecule has 0 aliphatic carbocycles. The lowest BCUT2D eigenvalue weighted by molar-refractivity contribution is -0.110. The molecule has 0 saturated carbocycles. The van der Waals surface area contributed by atoms with E-state index in [0.717, 1.165) is 17.2 Å². The summed E-state index contributed by atoms with van der Waals surface area (Å²) < 4.78 is 23.4. The zero-order chi connectivity index (χ0) is 27.5. The summed E-state index contributed by atoms with van der Waals surface area (Å²) in [5.41, 5.74) is 1.58. The normalized spacial score (nSPS) is 12.4. The van der Waals surface area contributed by atoms with Gasteiger partial charge in [-0.1, -0.05) is 24.3 Å². The zero-order valence-corrected chi connectivity index (χ0v) is 23.1. The molecule has 0 saturated heterocycles. The molecule has 2 rings (SSSR count). The van der Waals surface area contributed by atoms with Crippen LogP contribution in [0.2, 0.25) is 0 Å². The number of aliphatic hydroxyl groups is 1. The van der Waals surface area contributed by atoms with Crippen LogP contribution in [0.3, 0.4) is 0 Å². The summed E-state index contributed by atoms with van der Waals surface area (Å²) in [6.07, 6.45) is 7.40. The van der Waals surface area contributed by atoms with Crippen LogP contribution in [0.1, 0.15) is 66.5 Å². The van der Waals surface area contributed by atoms with Crippen LogP contribution in [0, 0.1) is 0 Å². The van der Waals surface area contributed by atoms with Gasteiger partial charge in [0.25, 0.3) is 0 Å². The van der Waals surface area contributed by atoms with E-state index >= 15 is 0 Å². The fourth-order valence-corrected chi connectivity index (χ4v) is 3.25. The minimum Gasteiger partial charge on any atom is -0.508 e. The van der Waals surface area contributed by atoms with Gasteiger partial charge in [0.15, 0.2) is 28.8 Å². The van der Waals surface area contributed by atoms with Crippen molar-refractivity contribution in [1.29, 1.82) is 0 Å². The molecule has 0 aliphatic heterocycles. The largest absolute Gasteiger partial charge is 0.508 e. The zero-order valence-electron chi connectivity index (χ0n) is 23.1. The Labute approximate surface area is 221 Å². The van der Waals surface area contributed by atoms with Crippen LogP contribution in [0.4, 0.5) is 0 Å². The third-order valence-corrected chi connectivity index (χ3v) is 4.56. The number of ketones is 1. The van der Waals surface area contributed by atoms with Crippen LogP contribution in [-0.4, -0.2) is 35.3 Å². The van der Waals surface area contributed by atoms with Crippen molar-refractivity contribution in [3.8, 4) is 23.0 Å². The van der Waals surface area contributed by atoms with E-state index in [2.05, 4.69) is 0 Å². The average Bonchev–Trinajstić information content (AvgIpc) is 2.78. The van der Waals surface area contributed by atoms with E-state index in [1.807, 2.05) is 91.8 Å². The average molecular weight is 509 g/mol. The molecule has 0 aliphatic rings. The van der Waals surface area contributed by atoms with Crippen LogP contribution in [0.25, 0.3) is 12.2 Å². The molecule has 0 radical (unpaired) electrons. The summed E-state index contributed by atoms with van der Waals surface area (Å²) in [4.78, 5) is 12.4. The number of ether oxygens (including phenoxy) is 4. The molecular formula is C31H40O6. The number of hydrogen-bond donors (Lipinski definition) is 1. The fourth-order valence-electron chi connectivity index (χ4n) is 3.25. The van der Waals surface area contributed by atoms with E-state index in [-0.39, 0.29) is 36.0 Å². The first-order chi connectivity index (χ1) is 17.4. The standard InChI is InChI=1S/C31H40O6/c1-20(2)34-28-15-11-24(17-30(28)36-22(5)6)9-13-26(32)19-27(33)14-10-25-12-16-29(35-21(3)4)31(18-25)37-23(7)8/h9-23,32H,1-8H3. The molecular weight excluding hydrogens is 468 g/mol. The van der Waals surface area contributed by atoms with Gasteiger partial charge in [-0.15, -0.1) is 0 Å². The predicted molar refractivity (Wildman–Crippen MR) is 150 cm³/mol. The molecule has 0 heterocycles. The number of allylic oxidation sites excluding steroid dienone is 3. The minimum atomic E-state index is -0.347. The Morgan fingerprint density at radius 2 is 1.00 bits per heavy atom. The molecule has 200 valence electrons. The maximum Gasteiger partial charge on any atom is 0.182 e. The van der Waals surface area contributed by atoms with Gasteiger partial charge in [0, 0.05) is 6.08 Å². The van der Waals surface area contributed by atoms with Crippen LogP contribution in [0.5, 0.6) is 23.0 Å². The molecule has 0 aromatic heterocycles. The second-order valence-electron chi connectivity index (χ2n) is 9.72. The number of aliphatic hydroxyl groups excluding tert-OH is 1. The Balaban J connectivity index is 2.13. The van der Waals surface area contributed by atoms with Crippen molar-refractivity contribution in [1.82, 2.24) is 0 Å². The van der Waals surface area contributed by atoms with E-state index in [1.54, 1.807) is 12.2 Å². The molecule has 37 heavy (non-hydrogen) atoms. The quantitative estimate of drug-likeness (QED) is 0.171. The summed E-state index contributed by atoms with van der Waals surface area (Å²) in [6.45, 7) is 15.6. The highest BCUT2D eigenvalue weighted by atomic mass is 16.5. The summed E-state index contributed by atoms with van der Waals surface area (Å²) in [5.74, 6) is 2.05. The third-order valence-electron chi connectivity index (χ3n) is 4.56. The van der Waals surface area contributed by atoms with E-state index in [0.29, 0.717) is 23.0 Å². The maximum atomic E-state index is 12.4. The lowest BCUT2D eigenvalue weighted by Crippen LogP contribution is -2.10. The number of carbonyl (C=O) groups excluding carboxylic acids is 1. The van der Waals surface area contributed by atoms with Crippen LogP contribution in [-0.2, 0) is 4.79 Å². The lowest BCUT2D eigenvalue weighted by Gasteiger charge is -2.17. The predicted octanol–water partition coefficient (Wildman–Crippen LogP) is 7.57.